The first kappa shape index (κ1) is 14.0. The van der Waals surface area contributed by atoms with Gasteiger partial charge >= 0.3 is 0 Å². The van der Waals surface area contributed by atoms with Gasteiger partial charge in [-0.1, -0.05) is 0 Å². The van der Waals surface area contributed by atoms with Crippen LogP contribution in [0.5, 0.6) is 11.5 Å². The van der Waals surface area contributed by atoms with E-state index in [1.54, 1.807) is 20.4 Å². The van der Waals surface area contributed by atoms with Crippen molar-refractivity contribution >= 4 is 17.2 Å². The first-order valence-corrected chi connectivity index (χ1v) is 6.45. The van der Waals surface area contributed by atoms with E-state index in [4.69, 9.17) is 9.47 Å². The molecule has 0 saturated heterocycles. The molecule has 1 heterocycles. The topological polar surface area (TPSA) is 55.4 Å². The summed E-state index contributed by atoms with van der Waals surface area (Å²) >= 11 is 0. The van der Waals surface area contributed by atoms with Gasteiger partial charge in [0.2, 0.25) is 0 Å². The Kier molecular flexibility index (Phi) is 4.65. The normalized spacial score (nSPS) is 9.95. The van der Waals surface area contributed by atoms with Crippen LogP contribution in [-0.2, 0) is 0 Å². The zero-order valence-corrected chi connectivity index (χ0v) is 11.9. The second-order valence-electron chi connectivity index (χ2n) is 4.19. The Labute approximate surface area is 118 Å². The fourth-order valence-electron chi connectivity index (χ4n) is 1.83. The second kappa shape index (κ2) is 6.65. The van der Waals surface area contributed by atoms with Crippen molar-refractivity contribution in [2.75, 3.05) is 31.4 Å². The number of methoxy groups -OCH3 is 2. The molecule has 0 aliphatic rings. The van der Waals surface area contributed by atoms with Crippen LogP contribution in [-0.4, -0.2) is 25.7 Å². The first-order valence-electron chi connectivity index (χ1n) is 6.45. The van der Waals surface area contributed by atoms with Gasteiger partial charge in [-0.15, -0.1) is 0 Å². The molecule has 0 spiro atoms. The fraction of sp³-hybridized carbons (Fsp3) is 0.267. The smallest absolute Gasteiger partial charge is 0.127 e. The van der Waals surface area contributed by atoms with E-state index in [2.05, 4.69) is 15.6 Å². The highest BCUT2D eigenvalue weighted by Gasteiger charge is 2.03. The quantitative estimate of drug-likeness (QED) is 0.846. The van der Waals surface area contributed by atoms with Gasteiger partial charge in [0.1, 0.15) is 17.3 Å². The van der Waals surface area contributed by atoms with E-state index in [1.165, 1.54) is 0 Å². The van der Waals surface area contributed by atoms with Crippen LogP contribution < -0.4 is 20.1 Å². The van der Waals surface area contributed by atoms with E-state index in [9.17, 15) is 0 Å². The maximum absolute atomic E-state index is 5.25. The highest BCUT2D eigenvalue weighted by molar-refractivity contribution is 5.65. The fourth-order valence-corrected chi connectivity index (χ4v) is 1.83. The predicted molar refractivity (Wildman–Crippen MR) is 81.2 cm³/mol. The van der Waals surface area contributed by atoms with Crippen LogP contribution in [0.15, 0.2) is 36.5 Å². The van der Waals surface area contributed by atoms with Crippen LogP contribution in [0.3, 0.4) is 0 Å². The number of rotatable bonds is 6. The molecule has 0 aliphatic heterocycles. The predicted octanol–water partition coefficient (Wildman–Crippen LogP) is 3.27. The summed E-state index contributed by atoms with van der Waals surface area (Å²) < 4.78 is 10.5. The molecule has 0 unspecified atom stereocenters. The number of benzene rings is 1. The van der Waals surface area contributed by atoms with Crippen molar-refractivity contribution in [3.05, 3.63) is 36.5 Å². The van der Waals surface area contributed by atoms with Gasteiger partial charge in [0.15, 0.2) is 0 Å². The van der Waals surface area contributed by atoms with Crippen molar-refractivity contribution in [3.63, 3.8) is 0 Å². The third-order valence-corrected chi connectivity index (χ3v) is 2.76. The molecule has 2 aromatic rings. The summed E-state index contributed by atoms with van der Waals surface area (Å²) in [6.07, 6.45) is 1.76. The van der Waals surface area contributed by atoms with Crippen LogP contribution >= 0.6 is 0 Å². The number of nitrogens with zero attached hydrogens (tertiary/aromatic N) is 1. The number of hydrogen-bond donors (Lipinski definition) is 2. The van der Waals surface area contributed by atoms with Crippen molar-refractivity contribution < 1.29 is 9.47 Å². The molecule has 5 nitrogen and oxygen atoms in total. The molecule has 0 aliphatic carbocycles. The van der Waals surface area contributed by atoms with Gasteiger partial charge in [0.25, 0.3) is 0 Å². The van der Waals surface area contributed by atoms with Crippen molar-refractivity contribution in [1.29, 1.82) is 0 Å². The molecule has 2 N–H and O–H groups in total. The third-order valence-electron chi connectivity index (χ3n) is 2.76. The van der Waals surface area contributed by atoms with Gasteiger partial charge in [-0.05, 0) is 13.0 Å². The average molecular weight is 273 g/mol. The number of nitrogens with one attached hydrogen (secondary N) is 2. The highest BCUT2D eigenvalue weighted by Crippen LogP contribution is 2.28. The van der Waals surface area contributed by atoms with Gasteiger partial charge in [0, 0.05) is 48.4 Å². The van der Waals surface area contributed by atoms with Crippen molar-refractivity contribution in [2.24, 2.45) is 0 Å². The van der Waals surface area contributed by atoms with Crippen LogP contribution in [0.2, 0.25) is 0 Å². The maximum atomic E-state index is 5.25. The lowest BCUT2D eigenvalue weighted by atomic mass is 10.2. The molecule has 1 aromatic heterocycles. The number of hydrogen-bond acceptors (Lipinski definition) is 5. The van der Waals surface area contributed by atoms with E-state index >= 15 is 0 Å². The van der Waals surface area contributed by atoms with Gasteiger partial charge in [-0.2, -0.15) is 0 Å². The molecule has 5 heteroatoms. The summed E-state index contributed by atoms with van der Waals surface area (Å²) in [5.41, 5.74) is 1.85. The zero-order valence-electron chi connectivity index (χ0n) is 11.9. The molecule has 106 valence electrons. The number of pyridine rings is 1. The summed E-state index contributed by atoms with van der Waals surface area (Å²) in [7, 11) is 3.27. The summed E-state index contributed by atoms with van der Waals surface area (Å²) in [6, 6.07) is 9.52. The summed E-state index contributed by atoms with van der Waals surface area (Å²) in [4.78, 5) is 4.24. The minimum atomic E-state index is 0.743. The molecule has 2 rings (SSSR count). The molecule has 0 saturated carbocycles. The maximum Gasteiger partial charge on any atom is 0.127 e. The first-order chi connectivity index (χ1) is 9.75. The van der Waals surface area contributed by atoms with Gasteiger partial charge in [-0.25, -0.2) is 4.98 Å². The van der Waals surface area contributed by atoms with Gasteiger partial charge < -0.3 is 20.1 Å². The van der Waals surface area contributed by atoms with Crippen molar-refractivity contribution in [2.45, 2.75) is 6.92 Å². The molecule has 0 fully saturated rings. The van der Waals surface area contributed by atoms with E-state index in [0.717, 1.165) is 35.2 Å². The monoisotopic (exact) mass is 273 g/mol. The Hall–Kier alpha value is -2.43. The lowest BCUT2D eigenvalue weighted by molar-refractivity contribution is 0.395. The molecule has 0 amide bonds. The Bertz CT molecular complexity index is 551. The Morgan fingerprint density at radius 1 is 1.00 bits per heavy atom. The Morgan fingerprint density at radius 3 is 2.30 bits per heavy atom. The number of anilines is 3. The molecular formula is C15H19N3O2. The van der Waals surface area contributed by atoms with Crippen LogP contribution in [0, 0.1) is 0 Å². The molecule has 20 heavy (non-hydrogen) atoms. The van der Waals surface area contributed by atoms with E-state index in [0.29, 0.717) is 0 Å². The summed E-state index contributed by atoms with van der Waals surface area (Å²) in [6.45, 7) is 2.87. The van der Waals surface area contributed by atoms with Crippen LogP contribution in [0.4, 0.5) is 17.2 Å². The van der Waals surface area contributed by atoms with Crippen molar-refractivity contribution in [1.82, 2.24) is 4.98 Å². The lowest BCUT2D eigenvalue weighted by Gasteiger charge is -2.11. The standard InChI is InChI=1S/C15H19N3O2/c1-4-16-15-9-11(5-6-17-15)18-12-7-13(19-2)10-14(8-12)20-3/h5-10H,4H2,1-3H3,(H2,16,17,18). The Morgan fingerprint density at radius 2 is 1.70 bits per heavy atom. The molecule has 0 radical (unpaired) electrons. The average Bonchev–Trinajstić information content (AvgIpc) is 2.47. The largest absolute Gasteiger partial charge is 0.497 e. The van der Waals surface area contributed by atoms with E-state index < -0.39 is 0 Å². The van der Waals surface area contributed by atoms with Crippen LogP contribution in [0.1, 0.15) is 6.92 Å². The van der Waals surface area contributed by atoms with E-state index in [1.807, 2.05) is 37.3 Å². The SMILES string of the molecule is CCNc1cc(Nc2cc(OC)cc(OC)c2)ccn1. The summed E-state index contributed by atoms with van der Waals surface area (Å²) in [5.74, 6) is 2.33. The molecule has 0 bridgehead atoms. The van der Waals surface area contributed by atoms with Crippen LogP contribution in [0.25, 0.3) is 0 Å². The Balaban J connectivity index is 2.22. The van der Waals surface area contributed by atoms with Gasteiger partial charge in [-0.3, -0.25) is 0 Å². The minimum absolute atomic E-state index is 0.743. The minimum Gasteiger partial charge on any atom is -0.497 e. The third kappa shape index (κ3) is 3.54. The van der Waals surface area contributed by atoms with Gasteiger partial charge in [0.05, 0.1) is 14.2 Å². The number of aromatic nitrogens is 1. The lowest BCUT2D eigenvalue weighted by Crippen LogP contribution is -2.00. The molecule has 1 aromatic carbocycles. The van der Waals surface area contributed by atoms with Crippen molar-refractivity contribution in [3.8, 4) is 11.5 Å². The zero-order chi connectivity index (χ0) is 14.4. The number of ether oxygens (including phenoxy) is 2. The summed E-state index contributed by atoms with van der Waals surface area (Å²) in [5, 5.41) is 6.49. The highest BCUT2D eigenvalue weighted by atomic mass is 16.5. The van der Waals surface area contributed by atoms with E-state index in [-0.39, 0.29) is 0 Å². The second-order valence-corrected chi connectivity index (χ2v) is 4.19. The molecule has 0 atom stereocenters. The molecular weight excluding hydrogens is 254 g/mol.